The molecule has 2 heterocycles. The molecular formula is C26H24F3N3O5. The zero-order valence-corrected chi connectivity index (χ0v) is 19.8. The number of carboxylic acids is 1. The molecule has 3 aromatic rings. The molecule has 0 unspecified atom stereocenters. The van der Waals surface area contributed by atoms with Gasteiger partial charge in [-0.3, -0.25) is 9.59 Å². The highest BCUT2D eigenvalue weighted by atomic mass is 19.4. The number of carboxylic acid groups (broad SMARTS) is 1. The summed E-state index contributed by atoms with van der Waals surface area (Å²) in [5.74, 6) is -1.19. The lowest BCUT2D eigenvalue weighted by Crippen LogP contribution is -2.29. The molecule has 1 saturated carbocycles. The lowest BCUT2D eigenvalue weighted by Gasteiger charge is -2.17. The van der Waals surface area contributed by atoms with Crippen LogP contribution in [0.1, 0.15) is 55.6 Å². The summed E-state index contributed by atoms with van der Waals surface area (Å²) >= 11 is 0. The van der Waals surface area contributed by atoms with Gasteiger partial charge in [-0.15, -0.1) is 13.2 Å². The van der Waals surface area contributed by atoms with Crippen molar-refractivity contribution in [3.05, 3.63) is 47.5 Å². The van der Waals surface area contributed by atoms with E-state index in [-0.39, 0.29) is 42.1 Å². The summed E-state index contributed by atoms with van der Waals surface area (Å²) in [7, 11) is 0. The Kier molecular flexibility index (Phi) is 6.61. The molecule has 1 aliphatic carbocycles. The number of carbonyl (C=O) groups is 2. The first-order valence-electron chi connectivity index (χ1n) is 12.1. The molecule has 0 radical (unpaired) electrons. The number of ether oxygens (including phenoxy) is 1. The van der Waals surface area contributed by atoms with Gasteiger partial charge in [0.05, 0.1) is 6.42 Å². The topological polar surface area (TPSA) is 106 Å². The molecule has 1 fully saturated rings. The van der Waals surface area contributed by atoms with Gasteiger partial charge in [0, 0.05) is 29.8 Å². The summed E-state index contributed by atoms with van der Waals surface area (Å²) in [6.45, 7) is 0.448. The smallest absolute Gasteiger partial charge is 0.481 e. The molecule has 0 atom stereocenters. The van der Waals surface area contributed by atoms with Crippen LogP contribution in [0.3, 0.4) is 0 Å². The Bertz CT molecular complexity index is 1330. The van der Waals surface area contributed by atoms with E-state index in [9.17, 15) is 22.8 Å². The normalized spacial score (nSPS) is 15.7. The molecule has 0 spiro atoms. The van der Waals surface area contributed by atoms with Crippen molar-refractivity contribution >= 4 is 17.6 Å². The van der Waals surface area contributed by atoms with Gasteiger partial charge in [0.25, 0.3) is 5.89 Å². The molecule has 37 heavy (non-hydrogen) atoms. The van der Waals surface area contributed by atoms with Crippen LogP contribution in [-0.4, -0.2) is 40.0 Å². The maximum absolute atomic E-state index is 13.1. The van der Waals surface area contributed by atoms with Gasteiger partial charge in [-0.2, -0.15) is 4.98 Å². The number of aromatic nitrogens is 2. The Balaban J connectivity index is 1.38. The highest BCUT2D eigenvalue weighted by molar-refractivity contribution is 5.97. The number of benzene rings is 2. The van der Waals surface area contributed by atoms with Gasteiger partial charge < -0.3 is 19.3 Å². The minimum Gasteiger partial charge on any atom is -0.481 e. The van der Waals surface area contributed by atoms with Crippen molar-refractivity contribution in [1.29, 1.82) is 0 Å². The van der Waals surface area contributed by atoms with Crippen LogP contribution in [0.2, 0.25) is 0 Å². The van der Waals surface area contributed by atoms with Crippen LogP contribution in [0.4, 0.5) is 18.9 Å². The Morgan fingerprint density at radius 1 is 1.08 bits per heavy atom. The fraction of sp³-hybridized carbons (Fsp3) is 0.385. The van der Waals surface area contributed by atoms with Gasteiger partial charge >= 0.3 is 12.3 Å². The number of hydrogen-bond acceptors (Lipinski definition) is 6. The average Bonchev–Trinajstić information content (AvgIpc) is 3.62. The van der Waals surface area contributed by atoms with Gasteiger partial charge in [0.2, 0.25) is 11.7 Å². The summed E-state index contributed by atoms with van der Waals surface area (Å²) in [4.78, 5) is 29.1. The van der Waals surface area contributed by atoms with Gasteiger partial charge in [-0.25, -0.2) is 0 Å². The van der Waals surface area contributed by atoms with Crippen molar-refractivity contribution in [2.75, 3.05) is 11.4 Å². The highest BCUT2D eigenvalue weighted by Crippen LogP contribution is 2.42. The van der Waals surface area contributed by atoms with Gasteiger partial charge in [-0.05, 0) is 66.6 Å². The van der Waals surface area contributed by atoms with Crippen LogP contribution in [-0.2, 0) is 16.0 Å². The van der Waals surface area contributed by atoms with Crippen LogP contribution in [0.15, 0.2) is 40.9 Å². The second-order valence-corrected chi connectivity index (χ2v) is 9.24. The molecule has 2 aromatic carbocycles. The summed E-state index contributed by atoms with van der Waals surface area (Å²) in [6.07, 6.45) is -0.957. The van der Waals surface area contributed by atoms with Crippen LogP contribution in [0.25, 0.3) is 22.8 Å². The summed E-state index contributed by atoms with van der Waals surface area (Å²) in [6, 6.07) is 9.90. The second kappa shape index (κ2) is 9.87. The molecule has 194 valence electrons. The SMILES string of the molecule is O=C(O)CCC(=O)N1CCc2cc(-c3noc(-c4ccc(C5CCCC5)c(OC(F)(F)F)c4)n3)ccc21. The summed E-state index contributed by atoms with van der Waals surface area (Å²) < 4.78 is 49.1. The Labute approximate surface area is 210 Å². The zero-order valence-electron chi connectivity index (χ0n) is 19.8. The number of amides is 1. The number of halogens is 3. The van der Waals surface area contributed by atoms with Crippen molar-refractivity contribution < 1.29 is 37.1 Å². The maximum atomic E-state index is 13.1. The molecule has 0 bridgehead atoms. The van der Waals surface area contributed by atoms with Gasteiger partial charge in [-0.1, -0.05) is 24.1 Å². The summed E-state index contributed by atoms with van der Waals surface area (Å²) in [5.41, 5.74) is 3.06. The fourth-order valence-electron chi connectivity index (χ4n) is 5.06. The molecular weight excluding hydrogens is 491 g/mol. The van der Waals surface area contributed by atoms with Crippen molar-refractivity contribution in [3.63, 3.8) is 0 Å². The lowest BCUT2D eigenvalue weighted by molar-refractivity contribution is -0.275. The van der Waals surface area contributed by atoms with E-state index < -0.39 is 12.3 Å². The molecule has 0 saturated heterocycles. The Morgan fingerprint density at radius 2 is 1.84 bits per heavy atom. The number of hydrogen-bond donors (Lipinski definition) is 1. The first-order chi connectivity index (χ1) is 17.7. The fourth-order valence-corrected chi connectivity index (χ4v) is 5.06. The van der Waals surface area contributed by atoms with Crippen molar-refractivity contribution in [2.24, 2.45) is 0 Å². The molecule has 1 amide bonds. The van der Waals surface area contributed by atoms with E-state index in [2.05, 4.69) is 14.9 Å². The van der Waals surface area contributed by atoms with Crippen molar-refractivity contribution in [2.45, 2.75) is 57.2 Å². The van der Waals surface area contributed by atoms with Crippen molar-refractivity contribution in [1.82, 2.24) is 10.1 Å². The van der Waals surface area contributed by atoms with E-state index in [1.54, 1.807) is 29.2 Å². The number of alkyl halides is 3. The third kappa shape index (κ3) is 5.45. The minimum absolute atomic E-state index is 0.0200. The van der Waals surface area contributed by atoms with E-state index in [4.69, 9.17) is 9.63 Å². The van der Waals surface area contributed by atoms with Crippen LogP contribution >= 0.6 is 0 Å². The number of carbonyl (C=O) groups excluding carboxylic acids is 1. The van der Waals surface area contributed by atoms with Crippen molar-refractivity contribution in [3.8, 4) is 28.6 Å². The van der Waals surface area contributed by atoms with E-state index >= 15 is 0 Å². The number of aliphatic carboxylic acids is 1. The van der Waals surface area contributed by atoms with Crippen LogP contribution < -0.4 is 9.64 Å². The number of fused-ring (bicyclic) bond motifs is 1. The predicted molar refractivity (Wildman–Crippen MR) is 126 cm³/mol. The van der Waals surface area contributed by atoms with E-state index in [0.29, 0.717) is 35.3 Å². The minimum atomic E-state index is -4.82. The number of rotatable bonds is 7. The maximum Gasteiger partial charge on any atom is 0.573 e. The van der Waals surface area contributed by atoms with Crippen LogP contribution in [0.5, 0.6) is 5.75 Å². The standard InChI is InChI=1S/C26H24F3N3O5/c27-26(28,29)36-21-14-18(5-7-19(21)15-3-1-2-4-15)25-30-24(31-37-25)17-6-8-20-16(13-17)11-12-32(20)22(33)9-10-23(34)35/h5-8,13-15H,1-4,9-12H2,(H,34,35). The first-order valence-corrected chi connectivity index (χ1v) is 12.1. The molecule has 11 heteroatoms. The number of anilines is 1. The van der Waals surface area contributed by atoms with Gasteiger partial charge in [0.15, 0.2) is 0 Å². The van der Waals surface area contributed by atoms with Gasteiger partial charge in [0.1, 0.15) is 5.75 Å². The molecule has 2 aliphatic rings. The third-order valence-corrected chi connectivity index (χ3v) is 6.79. The molecule has 1 N–H and O–H groups in total. The monoisotopic (exact) mass is 515 g/mol. The largest absolute Gasteiger partial charge is 0.573 e. The van der Waals surface area contributed by atoms with E-state index in [1.807, 2.05) is 6.07 Å². The molecule has 1 aliphatic heterocycles. The van der Waals surface area contributed by atoms with E-state index in [1.165, 1.54) is 6.07 Å². The lowest BCUT2D eigenvalue weighted by atomic mass is 9.95. The van der Waals surface area contributed by atoms with Crippen LogP contribution in [0, 0.1) is 0 Å². The number of nitrogens with zero attached hydrogens (tertiary/aromatic N) is 3. The molecule has 1 aromatic heterocycles. The Morgan fingerprint density at radius 3 is 2.57 bits per heavy atom. The second-order valence-electron chi connectivity index (χ2n) is 9.24. The quantitative estimate of drug-likeness (QED) is 0.429. The first kappa shape index (κ1) is 24.8. The molecule has 8 nitrogen and oxygen atoms in total. The van der Waals surface area contributed by atoms with E-state index in [0.717, 1.165) is 31.2 Å². The Hall–Kier alpha value is -3.89. The third-order valence-electron chi connectivity index (χ3n) is 6.79. The summed E-state index contributed by atoms with van der Waals surface area (Å²) in [5, 5.41) is 12.8. The highest BCUT2D eigenvalue weighted by Gasteiger charge is 2.34. The predicted octanol–water partition coefficient (Wildman–Crippen LogP) is 5.71. The zero-order chi connectivity index (χ0) is 26.2. The molecule has 5 rings (SSSR count). The average molecular weight is 515 g/mol.